The van der Waals surface area contributed by atoms with Crippen molar-refractivity contribution in [3.8, 4) is 0 Å². The number of hydrogen-bond acceptors (Lipinski definition) is 2. The van der Waals surface area contributed by atoms with Gasteiger partial charge in [0.25, 0.3) is 0 Å². The molecule has 2 heteroatoms. The quantitative estimate of drug-likeness (QED) is 0.610. The van der Waals surface area contributed by atoms with Crippen LogP contribution in [0, 0.1) is 5.41 Å². The Kier molecular flexibility index (Phi) is 6.37. The van der Waals surface area contributed by atoms with Gasteiger partial charge in [-0.25, -0.2) is 0 Å². The summed E-state index contributed by atoms with van der Waals surface area (Å²) in [5.41, 5.74) is 0.259. The molecule has 0 atom stereocenters. The maximum atomic E-state index is 5.80. The fraction of sp³-hybridized carbons (Fsp3) is 1.00. The lowest BCUT2D eigenvalue weighted by Gasteiger charge is -2.37. The maximum Gasteiger partial charge on any atom is 0.157 e. The predicted molar refractivity (Wildman–Crippen MR) is 67.5 cm³/mol. The Labute approximate surface area is 101 Å². The zero-order valence-electron chi connectivity index (χ0n) is 11.3. The first-order valence-corrected chi connectivity index (χ1v) is 6.93. The molecule has 0 aromatic carbocycles. The molecule has 1 aliphatic heterocycles. The van der Waals surface area contributed by atoms with Crippen molar-refractivity contribution in [1.29, 1.82) is 0 Å². The highest BCUT2D eigenvalue weighted by molar-refractivity contribution is 4.76. The molecule has 1 saturated heterocycles. The molecular formula is C14H28O2. The van der Waals surface area contributed by atoms with Gasteiger partial charge in [0.2, 0.25) is 0 Å². The number of hydrogen-bond donors (Lipinski definition) is 0. The Morgan fingerprint density at radius 3 is 2.25 bits per heavy atom. The molecule has 2 nitrogen and oxygen atoms in total. The third kappa shape index (κ3) is 4.84. The Morgan fingerprint density at radius 2 is 1.69 bits per heavy atom. The molecule has 1 fully saturated rings. The van der Waals surface area contributed by atoms with Crippen molar-refractivity contribution in [2.75, 3.05) is 13.2 Å². The smallest absolute Gasteiger partial charge is 0.157 e. The monoisotopic (exact) mass is 228 g/mol. The largest absolute Gasteiger partial charge is 0.352 e. The second-order valence-corrected chi connectivity index (χ2v) is 5.46. The van der Waals surface area contributed by atoms with E-state index in [0.29, 0.717) is 0 Å². The van der Waals surface area contributed by atoms with Crippen LogP contribution in [0.3, 0.4) is 0 Å². The first kappa shape index (κ1) is 14.0. The van der Waals surface area contributed by atoms with Crippen LogP contribution >= 0.6 is 0 Å². The maximum absolute atomic E-state index is 5.80. The van der Waals surface area contributed by atoms with E-state index in [0.717, 1.165) is 19.6 Å². The van der Waals surface area contributed by atoms with Crippen molar-refractivity contribution in [1.82, 2.24) is 0 Å². The summed E-state index contributed by atoms with van der Waals surface area (Å²) in [7, 11) is 0. The summed E-state index contributed by atoms with van der Waals surface area (Å²) in [5.74, 6) is 0. The normalized spacial score (nSPS) is 30.6. The van der Waals surface area contributed by atoms with Crippen LogP contribution in [0.25, 0.3) is 0 Å². The van der Waals surface area contributed by atoms with E-state index in [-0.39, 0.29) is 11.7 Å². The standard InChI is InChI=1S/C14H28O2/c1-4-6-7-8-9-13-15-11-14(3,10-5-2)12-16-13/h13H,4-12H2,1-3H3. The van der Waals surface area contributed by atoms with Gasteiger partial charge in [-0.05, 0) is 19.3 Å². The highest BCUT2D eigenvalue weighted by atomic mass is 16.7. The van der Waals surface area contributed by atoms with Crippen molar-refractivity contribution in [3.05, 3.63) is 0 Å². The van der Waals surface area contributed by atoms with E-state index in [1.807, 2.05) is 0 Å². The van der Waals surface area contributed by atoms with Crippen LogP contribution in [0.5, 0.6) is 0 Å². The fourth-order valence-corrected chi connectivity index (χ4v) is 2.33. The van der Waals surface area contributed by atoms with Gasteiger partial charge in [-0.15, -0.1) is 0 Å². The predicted octanol–water partition coefficient (Wildman–Crippen LogP) is 4.14. The molecule has 0 unspecified atom stereocenters. The summed E-state index contributed by atoms with van der Waals surface area (Å²) in [6.07, 6.45) is 8.74. The van der Waals surface area contributed by atoms with Gasteiger partial charge >= 0.3 is 0 Å². The lowest BCUT2D eigenvalue weighted by Crippen LogP contribution is -2.39. The molecule has 1 rings (SSSR count). The summed E-state index contributed by atoms with van der Waals surface area (Å²) >= 11 is 0. The van der Waals surface area contributed by atoms with E-state index < -0.39 is 0 Å². The van der Waals surface area contributed by atoms with E-state index in [4.69, 9.17) is 9.47 Å². The Hall–Kier alpha value is -0.0800. The minimum atomic E-state index is 0.0711. The van der Waals surface area contributed by atoms with Crippen molar-refractivity contribution in [3.63, 3.8) is 0 Å². The van der Waals surface area contributed by atoms with Crippen molar-refractivity contribution in [2.45, 2.75) is 72.0 Å². The first-order chi connectivity index (χ1) is 7.70. The first-order valence-electron chi connectivity index (χ1n) is 6.93. The van der Waals surface area contributed by atoms with Gasteiger partial charge in [-0.2, -0.15) is 0 Å². The Morgan fingerprint density at radius 1 is 1.00 bits per heavy atom. The second kappa shape index (κ2) is 7.29. The SMILES string of the molecule is CCCCCCC1OCC(C)(CCC)CO1. The average molecular weight is 228 g/mol. The third-order valence-corrected chi connectivity index (χ3v) is 3.38. The van der Waals surface area contributed by atoms with Crippen molar-refractivity contribution >= 4 is 0 Å². The van der Waals surface area contributed by atoms with Crippen LogP contribution in [0.4, 0.5) is 0 Å². The van der Waals surface area contributed by atoms with Gasteiger partial charge in [0.15, 0.2) is 6.29 Å². The molecule has 0 radical (unpaired) electrons. The third-order valence-electron chi connectivity index (χ3n) is 3.38. The number of unbranched alkanes of at least 4 members (excludes halogenated alkanes) is 3. The zero-order chi connectivity index (χ0) is 11.9. The molecule has 0 bridgehead atoms. The van der Waals surface area contributed by atoms with E-state index >= 15 is 0 Å². The van der Waals surface area contributed by atoms with Crippen molar-refractivity contribution < 1.29 is 9.47 Å². The summed E-state index contributed by atoms with van der Waals surface area (Å²) in [4.78, 5) is 0. The second-order valence-electron chi connectivity index (χ2n) is 5.46. The Balaban J connectivity index is 2.12. The lowest BCUT2D eigenvalue weighted by atomic mass is 9.87. The van der Waals surface area contributed by atoms with Crippen LogP contribution in [0.1, 0.15) is 65.7 Å². The molecule has 1 heterocycles. The molecule has 0 aromatic rings. The van der Waals surface area contributed by atoms with Crippen molar-refractivity contribution in [2.24, 2.45) is 5.41 Å². The molecule has 0 spiro atoms. The summed E-state index contributed by atoms with van der Waals surface area (Å²) in [6, 6.07) is 0. The molecule has 0 N–H and O–H groups in total. The van der Waals surface area contributed by atoms with Crippen LogP contribution in [0.2, 0.25) is 0 Å². The van der Waals surface area contributed by atoms with Gasteiger partial charge in [0, 0.05) is 5.41 Å². The van der Waals surface area contributed by atoms with Gasteiger partial charge in [0.1, 0.15) is 0 Å². The molecule has 0 saturated carbocycles. The lowest BCUT2D eigenvalue weighted by molar-refractivity contribution is -0.229. The molecule has 1 aliphatic rings. The topological polar surface area (TPSA) is 18.5 Å². The Bertz CT molecular complexity index is 172. The fourth-order valence-electron chi connectivity index (χ4n) is 2.33. The summed E-state index contributed by atoms with van der Waals surface area (Å²) in [5, 5.41) is 0. The molecule has 0 amide bonds. The molecular weight excluding hydrogens is 200 g/mol. The van der Waals surface area contributed by atoms with E-state index in [1.54, 1.807) is 0 Å². The van der Waals surface area contributed by atoms with Crippen LogP contribution in [-0.4, -0.2) is 19.5 Å². The highest BCUT2D eigenvalue weighted by Gasteiger charge is 2.31. The van der Waals surface area contributed by atoms with E-state index in [1.165, 1.54) is 38.5 Å². The molecule has 0 aliphatic carbocycles. The number of rotatable bonds is 7. The summed E-state index contributed by atoms with van der Waals surface area (Å²) < 4.78 is 11.6. The van der Waals surface area contributed by atoms with Gasteiger partial charge in [0.05, 0.1) is 13.2 Å². The van der Waals surface area contributed by atoms with Gasteiger partial charge in [-0.3, -0.25) is 0 Å². The molecule has 96 valence electrons. The minimum Gasteiger partial charge on any atom is -0.352 e. The molecule has 16 heavy (non-hydrogen) atoms. The average Bonchev–Trinajstić information content (AvgIpc) is 2.27. The van der Waals surface area contributed by atoms with E-state index in [9.17, 15) is 0 Å². The zero-order valence-corrected chi connectivity index (χ0v) is 11.3. The van der Waals surface area contributed by atoms with Crippen LogP contribution < -0.4 is 0 Å². The van der Waals surface area contributed by atoms with Gasteiger partial charge < -0.3 is 9.47 Å². The van der Waals surface area contributed by atoms with E-state index in [2.05, 4.69) is 20.8 Å². The molecule has 0 aromatic heterocycles. The van der Waals surface area contributed by atoms with Gasteiger partial charge in [-0.1, -0.05) is 46.5 Å². The number of ether oxygens (including phenoxy) is 2. The highest BCUT2D eigenvalue weighted by Crippen LogP contribution is 2.30. The van der Waals surface area contributed by atoms with Crippen LogP contribution in [-0.2, 0) is 9.47 Å². The van der Waals surface area contributed by atoms with Crippen LogP contribution in [0.15, 0.2) is 0 Å². The summed E-state index contributed by atoms with van der Waals surface area (Å²) in [6.45, 7) is 8.48. The minimum absolute atomic E-state index is 0.0711.